The van der Waals surface area contributed by atoms with E-state index in [1.807, 2.05) is 0 Å². The Kier molecular flexibility index (Phi) is 5.82. The van der Waals surface area contributed by atoms with Gasteiger partial charge in [0.05, 0.1) is 12.5 Å². The fraction of sp³-hybridized carbons (Fsp3) is 0.714. The van der Waals surface area contributed by atoms with Crippen LogP contribution in [0, 0.1) is 0 Å². The van der Waals surface area contributed by atoms with Crippen LogP contribution in [0.1, 0.15) is 12.8 Å². The molecule has 0 aliphatic carbocycles. The molecule has 1 amide bonds. The van der Waals surface area contributed by atoms with E-state index in [0.29, 0.717) is 19.5 Å². The number of nitrogens with one attached hydrogen (secondary N) is 1. The molecule has 0 saturated carbocycles. The maximum absolute atomic E-state index is 11.0. The van der Waals surface area contributed by atoms with Crippen molar-refractivity contribution in [1.29, 1.82) is 0 Å². The molecule has 0 bridgehead atoms. The predicted molar refractivity (Wildman–Crippen MR) is 46.9 cm³/mol. The van der Waals surface area contributed by atoms with E-state index in [1.54, 1.807) is 0 Å². The smallest absolute Gasteiger partial charge is 0.305 e. The average Bonchev–Trinajstić information content (AvgIpc) is 2.03. The minimum atomic E-state index is -1.08. The van der Waals surface area contributed by atoms with Crippen molar-refractivity contribution in [2.75, 3.05) is 13.1 Å². The summed E-state index contributed by atoms with van der Waals surface area (Å²) in [5.74, 6) is -1.53. The molecule has 0 radical (unpaired) electrons. The summed E-state index contributed by atoms with van der Waals surface area (Å²) in [6.07, 6.45) is 0.306. The van der Waals surface area contributed by atoms with Gasteiger partial charge in [0.2, 0.25) is 5.91 Å². The third-order valence-corrected chi connectivity index (χ3v) is 1.41. The van der Waals surface area contributed by atoms with Crippen molar-refractivity contribution in [3.05, 3.63) is 0 Å². The van der Waals surface area contributed by atoms with Gasteiger partial charge in [-0.25, -0.2) is 0 Å². The number of carboxylic acids is 1. The third kappa shape index (κ3) is 6.06. The van der Waals surface area contributed by atoms with Crippen LogP contribution in [0.5, 0.6) is 0 Å². The van der Waals surface area contributed by atoms with Gasteiger partial charge in [0.1, 0.15) is 0 Å². The predicted octanol–water partition coefficient (Wildman–Crippen LogP) is -1.75. The molecule has 0 fully saturated rings. The molecular weight excluding hydrogens is 174 g/mol. The average molecular weight is 189 g/mol. The monoisotopic (exact) mass is 189 g/mol. The first kappa shape index (κ1) is 11.9. The number of amides is 1. The Balaban J connectivity index is 3.63. The highest BCUT2D eigenvalue weighted by Crippen LogP contribution is 1.87. The number of carboxylic acid groups (broad SMARTS) is 1. The molecule has 0 aromatic rings. The van der Waals surface area contributed by atoms with Gasteiger partial charge in [0, 0.05) is 6.54 Å². The number of nitrogens with two attached hydrogens (primary N) is 2. The van der Waals surface area contributed by atoms with Gasteiger partial charge < -0.3 is 21.9 Å². The second kappa shape index (κ2) is 6.38. The highest BCUT2D eigenvalue weighted by Gasteiger charge is 2.15. The zero-order valence-corrected chi connectivity index (χ0v) is 7.32. The van der Waals surface area contributed by atoms with E-state index in [9.17, 15) is 9.59 Å². The van der Waals surface area contributed by atoms with Gasteiger partial charge in [-0.05, 0) is 13.0 Å². The molecule has 6 nitrogen and oxygen atoms in total. The second-order valence-corrected chi connectivity index (χ2v) is 2.64. The van der Waals surface area contributed by atoms with Gasteiger partial charge in [-0.3, -0.25) is 9.59 Å². The number of hydrogen-bond donors (Lipinski definition) is 4. The first-order valence-corrected chi connectivity index (χ1v) is 4.03. The van der Waals surface area contributed by atoms with Crippen LogP contribution in [0.2, 0.25) is 0 Å². The van der Waals surface area contributed by atoms with Crippen molar-refractivity contribution in [3.8, 4) is 0 Å². The first-order valence-electron chi connectivity index (χ1n) is 4.03. The van der Waals surface area contributed by atoms with E-state index < -0.39 is 17.9 Å². The standard InChI is InChI=1S/C7H15N3O3/c8-2-1-3-10-7(13)5(9)4-6(11)12/h5H,1-4,8-9H2,(H,10,13)(H,11,12)/t5-/m1/s1. The summed E-state index contributed by atoms with van der Waals surface area (Å²) >= 11 is 0. The molecule has 0 spiro atoms. The van der Waals surface area contributed by atoms with Crippen molar-refractivity contribution in [2.45, 2.75) is 18.9 Å². The Bertz CT molecular complexity index is 184. The molecule has 13 heavy (non-hydrogen) atoms. The number of rotatable bonds is 6. The van der Waals surface area contributed by atoms with Crippen molar-refractivity contribution in [1.82, 2.24) is 5.32 Å². The minimum Gasteiger partial charge on any atom is -0.481 e. The lowest BCUT2D eigenvalue weighted by molar-refractivity contribution is -0.139. The summed E-state index contributed by atoms with van der Waals surface area (Å²) in [4.78, 5) is 21.2. The molecular formula is C7H15N3O3. The molecule has 76 valence electrons. The second-order valence-electron chi connectivity index (χ2n) is 2.64. The molecule has 1 atom stereocenters. The van der Waals surface area contributed by atoms with Crippen LogP contribution in [0.4, 0.5) is 0 Å². The summed E-state index contributed by atoms with van der Waals surface area (Å²) in [5, 5.41) is 10.8. The highest BCUT2D eigenvalue weighted by molar-refractivity contribution is 5.85. The largest absolute Gasteiger partial charge is 0.481 e. The molecule has 0 aromatic carbocycles. The summed E-state index contributed by atoms with van der Waals surface area (Å²) in [6, 6.07) is -0.977. The normalized spacial score (nSPS) is 12.2. The van der Waals surface area contributed by atoms with E-state index >= 15 is 0 Å². The number of hydrogen-bond acceptors (Lipinski definition) is 4. The molecule has 0 rings (SSSR count). The van der Waals surface area contributed by atoms with Crippen LogP contribution in [0.25, 0.3) is 0 Å². The van der Waals surface area contributed by atoms with Gasteiger partial charge in [-0.2, -0.15) is 0 Å². The van der Waals surface area contributed by atoms with E-state index in [2.05, 4.69) is 5.32 Å². The van der Waals surface area contributed by atoms with Crippen LogP contribution < -0.4 is 16.8 Å². The molecule has 0 heterocycles. The molecule has 0 aromatic heterocycles. The number of carbonyl (C=O) groups is 2. The van der Waals surface area contributed by atoms with Crippen LogP contribution in [-0.4, -0.2) is 36.1 Å². The lowest BCUT2D eigenvalue weighted by Gasteiger charge is -2.09. The molecule has 0 aliphatic rings. The zero-order chi connectivity index (χ0) is 10.3. The number of aliphatic carboxylic acids is 1. The van der Waals surface area contributed by atoms with Crippen molar-refractivity contribution < 1.29 is 14.7 Å². The van der Waals surface area contributed by atoms with Gasteiger partial charge in [-0.1, -0.05) is 0 Å². The lowest BCUT2D eigenvalue weighted by Crippen LogP contribution is -2.42. The molecule has 0 unspecified atom stereocenters. The SMILES string of the molecule is NCCCNC(=O)[C@H](N)CC(=O)O. The van der Waals surface area contributed by atoms with Gasteiger partial charge in [0.15, 0.2) is 0 Å². The van der Waals surface area contributed by atoms with E-state index in [4.69, 9.17) is 16.6 Å². The first-order chi connectivity index (χ1) is 6.07. The van der Waals surface area contributed by atoms with Gasteiger partial charge >= 0.3 is 5.97 Å². The maximum Gasteiger partial charge on any atom is 0.305 e. The fourth-order valence-corrected chi connectivity index (χ4v) is 0.726. The van der Waals surface area contributed by atoms with Crippen LogP contribution >= 0.6 is 0 Å². The summed E-state index contributed by atoms with van der Waals surface area (Å²) in [6.45, 7) is 0.914. The summed E-state index contributed by atoms with van der Waals surface area (Å²) in [5.41, 5.74) is 10.5. The molecule has 0 saturated heterocycles. The Labute approximate surface area is 76.3 Å². The minimum absolute atomic E-state index is 0.353. The van der Waals surface area contributed by atoms with Crippen molar-refractivity contribution in [3.63, 3.8) is 0 Å². The fourth-order valence-electron chi connectivity index (χ4n) is 0.726. The number of carbonyl (C=O) groups excluding carboxylic acids is 1. The Hall–Kier alpha value is -1.14. The van der Waals surface area contributed by atoms with Crippen LogP contribution in [-0.2, 0) is 9.59 Å². The molecule has 0 aliphatic heterocycles. The van der Waals surface area contributed by atoms with Crippen molar-refractivity contribution in [2.24, 2.45) is 11.5 Å². The van der Waals surface area contributed by atoms with E-state index in [1.165, 1.54) is 0 Å². The Morgan fingerprint density at radius 3 is 2.54 bits per heavy atom. The summed E-state index contributed by atoms with van der Waals surface area (Å²) < 4.78 is 0. The van der Waals surface area contributed by atoms with Crippen LogP contribution in [0.15, 0.2) is 0 Å². The van der Waals surface area contributed by atoms with Crippen molar-refractivity contribution >= 4 is 11.9 Å². The zero-order valence-electron chi connectivity index (χ0n) is 7.32. The van der Waals surface area contributed by atoms with E-state index in [0.717, 1.165) is 0 Å². The third-order valence-electron chi connectivity index (χ3n) is 1.41. The van der Waals surface area contributed by atoms with Gasteiger partial charge in [0.25, 0.3) is 0 Å². The molecule has 6 heteroatoms. The van der Waals surface area contributed by atoms with E-state index in [-0.39, 0.29) is 6.42 Å². The highest BCUT2D eigenvalue weighted by atomic mass is 16.4. The lowest BCUT2D eigenvalue weighted by atomic mass is 10.2. The Morgan fingerprint density at radius 1 is 1.46 bits per heavy atom. The van der Waals surface area contributed by atoms with Gasteiger partial charge in [-0.15, -0.1) is 0 Å². The summed E-state index contributed by atoms with van der Waals surface area (Å²) in [7, 11) is 0. The quantitative estimate of drug-likeness (QED) is 0.370. The topological polar surface area (TPSA) is 118 Å². The maximum atomic E-state index is 11.0. The van der Waals surface area contributed by atoms with Crippen LogP contribution in [0.3, 0.4) is 0 Å². The molecule has 6 N–H and O–H groups in total. The Morgan fingerprint density at radius 2 is 2.08 bits per heavy atom.